The van der Waals surface area contributed by atoms with Crippen molar-refractivity contribution in [2.75, 3.05) is 0 Å². The van der Waals surface area contributed by atoms with Gasteiger partial charge in [0.15, 0.2) is 0 Å². The molecule has 1 rings (SSSR count). The first-order valence-corrected chi connectivity index (χ1v) is 2.71. The number of imidazole rings is 1. The minimum absolute atomic E-state index is 0.308. The van der Waals surface area contributed by atoms with E-state index in [4.69, 9.17) is 0 Å². The minimum Gasteiger partial charge on any atom is -0.336 e. The third kappa shape index (κ3) is 1.69. The van der Waals surface area contributed by atoms with E-state index in [1.165, 1.54) is 0 Å². The molecule has 6 heteroatoms. The molecule has 0 spiro atoms. The Balaban J connectivity index is 2.89. The fourth-order valence-corrected chi connectivity index (χ4v) is 0.574. The molecule has 0 aliphatic rings. The molecule has 62 valence electrons. The van der Waals surface area contributed by atoms with Crippen molar-refractivity contribution >= 4 is 0 Å². The van der Waals surface area contributed by atoms with E-state index in [1.54, 1.807) is 4.98 Å². The van der Waals surface area contributed by atoms with Crippen LogP contribution < -0.4 is 0 Å². The van der Waals surface area contributed by atoms with E-state index in [0.29, 0.717) is 6.20 Å². The molecule has 1 heterocycles. The Hall–Kier alpha value is -1.07. The molecule has 0 saturated heterocycles. The third-order valence-electron chi connectivity index (χ3n) is 1.06. The first-order valence-electron chi connectivity index (χ1n) is 2.71. The predicted molar refractivity (Wildman–Crippen MR) is 28.4 cm³/mol. The summed E-state index contributed by atoms with van der Waals surface area (Å²) in [5.41, 5.74) is -1.02. The summed E-state index contributed by atoms with van der Waals surface area (Å²) < 4.78 is 46.9. The Bertz CT molecular complexity index is 239. The Morgan fingerprint density at radius 1 is 1.45 bits per heavy atom. The van der Waals surface area contributed by atoms with Gasteiger partial charge in [0.1, 0.15) is 18.2 Å². The van der Waals surface area contributed by atoms with Gasteiger partial charge in [-0.1, -0.05) is 0 Å². The van der Waals surface area contributed by atoms with Gasteiger partial charge in [-0.2, -0.15) is 13.2 Å². The van der Waals surface area contributed by atoms with Crippen LogP contribution in [0.2, 0.25) is 0 Å². The van der Waals surface area contributed by atoms with Crippen molar-refractivity contribution < 1.29 is 17.6 Å². The third-order valence-corrected chi connectivity index (χ3v) is 1.06. The second-order valence-electron chi connectivity index (χ2n) is 1.87. The fraction of sp³-hybridized carbons (Fsp3) is 0.400. The van der Waals surface area contributed by atoms with E-state index in [0.717, 1.165) is 0 Å². The van der Waals surface area contributed by atoms with Gasteiger partial charge in [-0.05, 0) is 0 Å². The summed E-state index contributed by atoms with van der Waals surface area (Å²) in [4.78, 5) is 4.94. The Morgan fingerprint density at radius 3 is 2.36 bits per heavy atom. The number of halogens is 4. The lowest BCUT2D eigenvalue weighted by atomic mass is 10.5. The summed E-state index contributed by atoms with van der Waals surface area (Å²) in [6.07, 6.45) is -3.91. The molecule has 0 amide bonds. The lowest BCUT2D eigenvalue weighted by Gasteiger charge is -2.00. The van der Waals surface area contributed by atoms with Crippen molar-refractivity contribution in [3.05, 3.63) is 17.7 Å². The molecule has 1 N–H and O–H groups in total. The second kappa shape index (κ2) is 2.52. The number of rotatable bonds is 1. The molecule has 0 aliphatic carbocycles. The van der Waals surface area contributed by atoms with Gasteiger partial charge in [0.2, 0.25) is 0 Å². The fourth-order valence-electron chi connectivity index (χ4n) is 0.574. The number of nitrogens with zero attached hydrogens (tertiary/aromatic N) is 1. The molecule has 11 heavy (non-hydrogen) atoms. The summed E-state index contributed by atoms with van der Waals surface area (Å²) in [5, 5.41) is 0. The quantitative estimate of drug-likeness (QED) is 0.637. The topological polar surface area (TPSA) is 28.7 Å². The number of hydrogen-bond donors (Lipinski definition) is 1. The molecule has 0 atom stereocenters. The number of aromatic amines is 1. The molecule has 1 aromatic rings. The zero-order valence-corrected chi connectivity index (χ0v) is 5.24. The minimum atomic E-state index is -4.47. The van der Waals surface area contributed by atoms with Crippen molar-refractivity contribution in [1.82, 2.24) is 9.97 Å². The molecule has 0 aliphatic heterocycles. The second-order valence-corrected chi connectivity index (χ2v) is 1.87. The van der Waals surface area contributed by atoms with Crippen LogP contribution >= 0.6 is 0 Å². The molecule has 0 radical (unpaired) electrons. The van der Waals surface area contributed by atoms with Crippen LogP contribution in [0.1, 0.15) is 11.5 Å². The smallest absolute Gasteiger partial charge is 0.336 e. The number of nitrogens with one attached hydrogen (secondary N) is 1. The Morgan fingerprint density at radius 2 is 2.09 bits per heavy atom. The van der Waals surface area contributed by atoms with E-state index >= 15 is 0 Å². The van der Waals surface area contributed by atoms with Crippen molar-refractivity contribution in [1.29, 1.82) is 0 Å². The summed E-state index contributed by atoms with van der Waals surface area (Å²) >= 11 is 0. The van der Waals surface area contributed by atoms with Gasteiger partial charge in [-0.3, -0.25) is 0 Å². The zero-order chi connectivity index (χ0) is 8.48. The van der Waals surface area contributed by atoms with Crippen LogP contribution in [0.3, 0.4) is 0 Å². The zero-order valence-electron chi connectivity index (χ0n) is 5.24. The van der Waals surface area contributed by atoms with Crippen molar-refractivity contribution in [2.45, 2.75) is 12.9 Å². The standard InChI is InChI=1S/C5H4F4N2/c6-1-4-10-2-3(11-4)5(7,8)9/h2H,1H2,(H,10,11). The van der Waals surface area contributed by atoms with E-state index in [1.807, 2.05) is 0 Å². The lowest BCUT2D eigenvalue weighted by molar-refractivity contribution is -0.140. The monoisotopic (exact) mass is 168 g/mol. The van der Waals surface area contributed by atoms with Crippen LogP contribution in [-0.4, -0.2) is 9.97 Å². The molecule has 1 aromatic heterocycles. The average molecular weight is 168 g/mol. The first-order chi connectivity index (χ1) is 5.04. The SMILES string of the molecule is FCc1ncc(C(F)(F)F)[nH]1. The highest BCUT2D eigenvalue weighted by atomic mass is 19.4. The maximum Gasteiger partial charge on any atom is 0.432 e. The molecule has 0 fully saturated rings. The summed E-state index contributed by atoms with van der Waals surface area (Å²) in [5.74, 6) is -0.308. The summed E-state index contributed by atoms with van der Waals surface area (Å²) in [6.45, 7) is -1.02. The predicted octanol–water partition coefficient (Wildman–Crippen LogP) is 1.90. The molecular formula is C5H4F4N2. The van der Waals surface area contributed by atoms with Gasteiger partial charge < -0.3 is 4.98 Å². The lowest BCUT2D eigenvalue weighted by Crippen LogP contribution is -2.05. The first kappa shape index (κ1) is 8.03. The maximum absolute atomic E-state index is 11.7. The molecule has 0 bridgehead atoms. The van der Waals surface area contributed by atoms with Gasteiger partial charge in [0, 0.05) is 0 Å². The van der Waals surface area contributed by atoms with Crippen LogP contribution in [-0.2, 0) is 12.9 Å². The van der Waals surface area contributed by atoms with Crippen molar-refractivity contribution in [2.24, 2.45) is 0 Å². The highest BCUT2D eigenvalue weighted by molar-refractivity contribution is 5.04. The number of hydrogen-bond acceptors (Lipinski definition) is 1. The molecule has 0 saturated carbocycles. The van der Waals surface area contributed by atoms with Gasteiger partial charge in [-0.25, -0.2) is 9.37 Å². The van der Waals surface area contributed by atoms with Gasteiger partial charge in [0.05, 0.1) is 6.20 Å². The van der Waals surface area contributed by atoms with Crippen molar-refractivity contribution in [3.63, 3.8) is 0 Å². The van der Waals surface area contributed by atoms with Crippen LogP contribution in [0, 0.1) is 0 Å². The number of H-pyrrole nitrogens is 1. The number of aromatic nitrogens is 2. The maximum atomic E-state index is 11.7. The highest BCUT2D eigenvalue weighted by Gasteiger charge is 2.32. The Kier molecular flexibility index (Phi) is 1.84. The van der Waals surface area contributed by atoms with Crippen LogP contribution in [0.4, 0.5) is 17.6 Å². The Labute approximate surface area is 59.3 Å². The molecule has 0 unspecified atom stereocenters. The van der Waals surface area contributed by atoms with E-state index in [9.17, 15) is 17.6 Å². The number of alkyl halides is 4. The van der Waals surface area contributed by atoms with Crippen LogP contribution in [0.25, 0.3) is 0 Å². The molecule has 2 nitrogen and oxygen atoms in total. The van der Waals surface area contributed by atoms with E-state index < -0.39 is 18.5 Å². The highest BCUT2D eigenvalue weighted by Crippen LogP contribution is 2.27. The van der Waals surface area contributed by atoms with E-state index in [2.05, 4.69) is 4.98 Å². The largest absolute Gasteiger partial charge is 0.432 e. The summed E-state index contributed by atoms with van der Waals surface area (Å²) in [6, 6.07) is 0. The van der Waals surface area contributed by atoms with Crippen LogP contribution in [0.15, 0.2) is 6.20 Å². The molecule has 0 aromatic carbocycles. The normalized spacial score (nSPS) is 12.0. The molecular weight excluding hydrogens is 164 g/mol. The van der Waals surface area contributed by atoms with Gasteiger partial charge in [0.25, 0.3) is 0 Å². The van der Waals surface area contributed by atoms with Crippen LogP contribution in [0.5, 0.6) is 0 Å². The summed E-state index contributed by atoms with van der Waals surface area (Å²) in [7, 11) is 0. The average Bonchev–Trinajstić information content (AvgIpc) is 2.32. The van der Waals surface area contributed by atoms with Crippen molar-refractivity contribution in [3.8, 4) is 0 Å². The van der Waals surface area contributed by atoms with Gasteiger partial charge in [-0.15, -0.1) is 0 Å². The van der Waals surface area contributed by atoms with Gasteiger partial charge >= 0.3 is 6.18 Å². The van der Waals surface area contributed by atoms with E-state index in [-0.39, 0.29) is 5.82 Å².